The van der Waals surface area contributed by atoms with Gasteiger partial charge in [-0.15, -0.1) is 0 Å². The van der Waals surface area contributed by atoms with Gasteiger partial charge in [0, 0.05) is 6.20 Å². The van der Waals surface area contributed by atoms with Crippen LogP contribution in [-0.4, -0.2) is 36.0 Å². The van der Waals surface area contributed by atoms with Crippen molar-refractivity contribution in [3.8, 4) is 0 Å². The monoisotopic (exact) mass is 370 g/mol. The SMILES string of the molecule is Cc1ccc(COCN2C=C(Cl)C(S(=O)(=O)O)NC2=O)cc1.[H-].[Na+]. The predicted molar refractivity (Wildman–Crippen MR) is 81.6 cm³/mol. The fraction of sp³-hybridized carbons (Fsp3) is 0.308. The summed E-state index contributed by atoms with van der Waals surface area (Å²) in [6.07, 6.45) is 1.12. The number of ether oxygens (including phenoxy) is 1. The van der Waals surface area contributed by atoms with E-state index in [1.165, 1.54) is 0 Å². The third-order valence-electron chi connectivity index (χ3n) is 2.96. The average molecular weight is 371 g/mol. The number of carbonyl (C=O) groups excluding carboxylic acids is 1. The van der Waals surface area contributed by atoms with Gasteiger partial charge in [0.15, 0.2) is 5.37 Å². The van der Waals surface area contributed by atoms with E-state index in [0.717, 1.165) is 22.2 Å². The van der Waals surface area contributed by atoms with Crippen LogP contribution in [0.2, 0.25) is 0 Å². The summed E-state index contributed by atoms with van der Waals surface area (Å²) < 4.78 is 36.4. The van der Waals surface area contributed by atoms with Gasteiger partial charge in [-0.2, -0.15) is 8.42 Å². The van der Waals surface area contributed by atoms with E-state index in [1.54, 1.807) is 0 Å². The number of amides is 2. The summed E-state index contributed by atoms with van der Waals surface area (Å²) in [6, 6.07) is 6.97. The van der Waals surface area contributed by atoms with Crippen LogP contribution in [0, 0.1) is 6.92 Å². The fourth-order valence-corrected chi connectivity index (χ4v) is 2.90. The molecule has 2 amide bonds. The smallest absolute Gasteiger partial charge is 1.00 e. The zero-order valence-corrected chi connectivity index (χ0v) is 16.3. The van der Waals surface area contributed by atoms with Gasteiger partial charge in [0.05, 0.1) is 11.6 Å². The molecule has 122 valence electrons. The Hall–Kier alpha value is -0.610. The molecule has 1 aromatic carbocycles. The van der Waals surface area contributed by atoms with Crippen molar-refractivity contribution in [2.75, 3.05) is 6.73 Å². The number of nitrogens with one attached hydrogen (secondary N) is 1. The van der Waals surface area contributed by atoms with Gasteiger partial charge in [-0.1, -0.05) is 41.4 Å². The van der Waals surface area contributed by atoms with Gasteiger partial charge in [-0.05, 0) is 12.5 Å². The van der Waals surface area contributed by atoms with E-state index in [1.807, 2.05) is 31.2 Å². The summed E-state index contributed by atoms with van der Waals surface area (Å²) >= 11 is 5.75. The molecule has 2 N–H and O–H groups in total. The number of nitrogens with zero attached hydrogens (tertiary/aromatic N) is 1. The molecule has 0 aliphatic carbocycles. The molecular formula is C13H16ClN2NaO5S. The summed E-state index contributed by atoms with van der Waals surface area (Å²) in [5.74, 6) is 0. The predicted octanol–water partition coefficient (Wildman–Crippen LogP) is -1.10. The Morgan fingerprint density at radius 1 is 1.39 bits per heavy atom. The molecule has 2 rings (SSSR count). The van der Waals surface area contributed by atoms with Crippen molar-refractivity contribution in [2.24, 2.45) is 0 Å². The molecule has 0 bridgehead atoms. The summed E-state index contributed by atoms with van der Waals surface area (Å²) in [7, 11) is -4.50. The first-order chi connectivity index (χ1) is 10.3. The molecule has 23 heavy (non-hydrogen) atoms. The van der Waals surface area contributed by atoms with E-state index in [2.05, 4.69) is 5.32 Å². The van der Waals surface area contributed by atoms with Crippen LogP contribution in [0.4, 0.5) is 4.79 Å². The third kappa shape index (κ3) is 5.75. The first-order valence-corrected chi connectivity index (χ1v) is 8.19. The van der Waals surface area contributed by atoms with Crippen LogP contribution in [-0.2, 0) is 21.5 Å². The summed E-state index contributed by atoms with van der Waals surface area (Å²) in [6.45, 7) is 2.16. The van der Waals surface area contributed by atoms with Gasteiger partial charge >= 0.3 is 35.6 Å². The van der Waals surface area contributed by atoms with E-state index in [9.17, 15) is 13.2 Å². The maximum absolute atomic E-state index is 11.7. The Kier molecular flexibility index (Phi) is 7.53. The van der Waals surface area contributed by atoms with Gasteiger partial charge in [0.1, 0.15) is 6.73 Å². The fourth-order valence-electron chi connectivity index (χ4n) is 1.80. The number of carbonyl (C=O) groups is 1. The summed E-state index contributed by atoms with van der Waals surface area (Å²) in [4.78, 5) is 12.8. The van der Waals surface area contributed by atoms with Crippen LogP contribution in [0.15, 0.2) is 35.5 Å². The number of hydrogen-bond donors (Lipinski definition) is 2. The quantitative estimate of drug-likeness (QED) is 0.507. The maximum Gasteiger partial charge on any atom is 1.00 e. The number of hydrogen-bond acceptors (Lipinski definition) is 4. The molecule has 1 aliphatic heterocycles. The molecule has 0 saturated heterocycles. The van der Waals surface area contributed by atoms with Gasteiger partial charge in [-0.3, -0.25) is 9.45 Å². The molecular weight excluding hydrogens is 355 g/mol. The van der Waals surface area contributed by atoms with Crippen molar-refractivity contribution in [1.82, 2.24) is 10.2 Å². The van der Waals surface area contributed by atoms with E-state index >= 15 is 0 Å². The summed E-state index contributed by atoms with van der Waals surface area (Å²) in [5, 5.41) is 0.216. The third-order valence-corrected chi connectivity index (χ3v) is 4.38. The summed E-state index contributed by atoms with van der Waals surface area (Å²) in [5.41, 5.74) is 2.07. The van der Waals surface area contributed by atoms with E-state index in [-0.39, 0.29) is 49.4 Å². The topological polar surface area (TPSA) is 95.9 Å². The molecule has 1 heterocycles. The van der Waals surface area contributed by atoms with Crippen LogP contribution in [0.5, 0.6) is 0 Å². The van der Waals surface area contributed by atoms with Crippen LogP contribution in [0.25, 0.3) is 0 Å². The first-order valence-electron chi connectivity index (χ1n) is 6.31. The Bertz CT molecular complexity index is 699. The van der Waals surface area contributed by atoms with Crippen molar-refractivity contribution in [1.29, 1.82) is 0 Å². The zero-order chi connectivity index (χ0) is 16.3. The van der Waals surface area contributed by atoms with Gasteiger partial charge in [-0.25, -0.2) is 4.79 Å². The van der Waals surface area contributed by atoms with Crippen LogP contribution in [0.1, 0.15) is 12.6 Å². The molecule has 0 spiro atoms. The molecule has 0 aromatic heterocycles. The van der Waals surface area contributed by atoms with Crippen molar-refractivity contribution in [2.45, 2.75) is 18.9 Å². The molecule has 0 fully saturated rings. The second-order valence-corrected chi connectivity index (χ2v) is 6.73. The molecule has 7 nitrogen and oxygen atoms in total. The number of aryl methyl sites for hydroxylation is 1. The normalized spacial score (nSPS) is 18.0. The average Bonchev–Trinajstić information content (AvgIpc) is 2.43. The van der Waals surface area contributed by atoms with Gasteiger partial charge < -0.3 is 11.5 Å². The number of rotatable bonds is 5. The largest absolute Gasteiger partial charge is 1.00 e. The molecule has 1 aliphatic rings. The standard InChI is InChI=1S/C13H15ClN2O5S.Na.H/c1-9-2-4-10(5-3-9)7-21-8-16-6-11(14)12(15-13(16)17)22(18,19)20;;/h2-6,12H,7-8H2,1H3,(H,15,17)(H,18,19,20);;/q;+1;-1. The second kappa shape index (κ2) is 8.48. The number of urea groups is 1. The molecule has 1 aromatic rings. The minimum absolute atomic E-state index is 0. The van der Waals surface area contributed by atoms with Gasteiger partial charge in [0.25, 0.3) is 10.1 Å². The van der Waals surface area contributed by atoms with Crippen molar-refractivity contribution in [3.63, 3.8) is 0 Å². The Balaban J connectivity index is 0.00000264. The second-order valence-electron chi connectivity index (χ2n) is 4.79. The van der Waals surface area contributed by atoms with E-state index in [0.29, 0.717) is 0 Å². The Labute approximate surface area is 163 Å². The molecule has 1 atom stereocenters. The van der Waals surface area contributed by atoms with E-state index in [4.69, 9.17) is 20.9 Å². The molecule has 0 radical (unpaired) electrons. The Morgan fingerprint density at radius 2 is 2.00 bits per heavy atom. The van der Waals surface area contributed by atoms with Crippen LogP contribution >= 0.6 is 11.6 Å². The molecule has 1 unspecified atom stereocenters. The van der Waals surface area contributed by atoms with Crippen molar-refractivity contribution in [3.05, 3.63) is 46.6 Å². The number of benzene rings is 1. The number of halogens is 1. The zero-order valence-electron chi connectivity index (χ0n) is 13.7. The minimum atomic E-state index is -4.50. The van der Waals surface area contributed by atoms with Crippen molar-refractivity contribution < 1.29 is 53.5 Å². The Morgan fingerprint density at radius 3 is 2.57 bits per heavy atom. The van der Waals surface area contributed by atoms with E-state index < -0.39 is 21.5 Å². The minimum Gasteiger partial charge on any atom is -1.00 e. The van der Waals surface area contributed by atoms with Crippen molar-refractivity contribution >= 4 is 27.8 Å². The first kappa shape index (κ1) is 20.4. The van der Waals surface area contributed by atoms with Gasteiger partial charge in [0.2, 0.25) is 0 Å². The van der Waals surface area contributed by atoms with Crippen LogP contribution < -0.4 is 34.9 Å². The molecule has 0 saturated carbocycles. The van der Waals surface area contributed by atoms with Crippen LogP contribution in [0.3, 0.4) is 0 Å². The molecule has 10 heteroatoms. The maximum atomic E-state index is 11.7.